The van der Waals surface area contributed by atoms with E-state index in [0.29, 0.717) is 11.3 Å². The van der Waals surface area contributed by atoms with Gasteiger partial charge in [-0.15, -0.1) is 0 Å². The smallest absolute Gasteiger partial charge is 0.339 e. The molecule has 8 nitrogen and oxygen atoms in total. The minimum Gasteiger partial charge on any atom is -0.379 e. The fraction of sp³-hybridized carbons (Fsp3) is 0.115. The Morgan fingerprint density at radius 3 is 2.29 bits per heavy atom. The Morgan fingerprint density at radius 1 is 0.886 bits per heavy atom. The molecule has 0 aromatic heterocycles. The van der Waals surface area contributed by atoms with E-state index in [1.165, 1.54) is 36.4 Å². The van der Waals surface area contributed by atoms with Gasteiger partial charge in [0.1, 0.15) is 16.2 Å². The zero-order valence-electron chi connectivity index (χ0n) is 19.2. The summed E-state index contributed by atoms with van der Waals surface area (Å²) in [5.41, 5.74) is 2.94. The predicted octanol–water partition coefficient (Wildman–Crippen LogP) is 4.05. The summed E-state index contributed by atoms with van der Waals surface area (Å²) in [4.78, 5) is 39.1. The Kier molecular flexibility index (Phi) is 6.27. The van der Waals surface area contributed by atoms with Crippen LogP contribution in [-0.2, 0) is 19.7 Å². The van der Waals surface area contributed by atoms with Gasteiger partial charge in [0.15, 0.2) is 0 Å². The van der Waals surface area contributed by atoms with E-state index in [1.807, 2.05) is 19.9 Å². The van der Waals surface area contributed by atoms with E-state index < -0.39 is 28.0 Å². The molecule has 1 heterocycles. The summed E-state index contributed by atoms with van der Waals surface area (Å²) in [5.74, 6) is -1.63. The van der Waals surface area contributed by atoms with Crippen molar-refractivity contribution in [2.75, 3.05) is 4.90 Å². The Hall–Kier alpha value is -4.24. The molecule has 4 rings (SSSR count). The molecule has 0 spiro atoms. The highest BCUT2D eigenvalue weighted by atomic mass is 32.2. The lowest BCUT2D eigenvalue weighted by atomic mass is 10.0. The molecule has 1 aliphatic rings. The van der Waals surface area contributed by atoms with Crippen LogP contribution in [0.3, 0.4) is 0 Å². The van der Waals surface area contributed by atoms with Crippen molar-refractivity contribution in [3.63, 3.8) is 0 Å². The lowest BCUT2D eigenvalue weighted by Crippen LogP contribution is -2.54. The summed E-state index contributed by atoms with van der Waals surface area (Å²) in [5, 5.41) is 2.19. The van der Waals surface area contributed by atoms with Gasteiger partial charge in [0.2, 0.25) is 0 Å². The number of amides is 4. The third-order valence-electron chi connectivity index (χ3n) is 5.60. The maximum Gasteiger partial charge on any atom is 0.339 e. The van der Waals surface area contributed by atoms with Crippen LogP contribution in [0.5, 0.6) is 5.75 Å². The topological polar surface area (TPSA) is 110 Å². The van der Waals surface area contributed by atoms with E-state index in [4.69, 9.17) is 4.18 Å². The molecule has 1 N–H and O–H groups in total. The van der Waals surface area contributed by atoms with E-state index in [-0.39, 0.29) is 16.2 Å². The van der Waals surface area contributed by atoms with Crippen LogP contribution in [0, 0.1) is 20.8 Å². The first-order chi connectivity index (χ1) is 16.6. The van der Waals surface area contributed by atoms with Crippen molar-refractivity contribution >= 4 is 39.7 Å². The SMILES string of the molecule is Cc1ccc(S(=O)(=O)Oc2cccc(/C=C3/C(=O)NC(=O)N(c4cccc(C)c4C)C3=O)c2)cc1. The monoisotopic (exact) mass is 490 g/mol. The number of nitrogens with zero attached hydrogens (tertiary/aromatic N) is 1. The van der Waals surface area contributed by atoms with Gasteiger partial charge in [-0.3, -0.25) is 14.9 Å². The lowest BCUT2D eigenvalue weighted by molar-refractivity contribution is -0.122. The van der Waals surface area contributed by atoms with Crippen molar-refractivity contribution in [1.82, 2.24) is 5.32 Å². The van der Waals surface area contributed by atoms with E-state index in [9.17, 15) is 22.8 Å². The molecule has 0 atom stereocenters. The Morgan fingerprint density at radius 2 is 1.57 bits per heavy atom. The highest BCUT2D eigenvalue weighted by Crippen LogP contribution is 2.28. The van der Waals surface area contributed by atoms with Crippen molar-refractivity contribution in [3.05, 3.63) is 94.6 Å². The van der Waals surface area contributed by atoms with E-state index >= 15 is 0 Å². The third-order valence-corrected chi connectivity index (χ3v) is 6.86. The fourth-order valence-corrected chi connectivity index (χ4v) is 4.48. The molecule has 0 saturated carbocycles. The third kappa shape index (κ3) is 4.85. The summed E-state index contributed by atoms with van der Waals surface area (Å²) < 4.78 is 30.5. The summed E-state index contributed by atoms with van der Waals surface area (Å²) in [6.07, 6.45) is 1.29. The number of rotatable bonds is 5. The number of urea groups is 1. The van der Waals surface area contributed by atoms with Crippen molar-refractivity contribution in [1.29, 1.82) is 0 Å². The van der Waals surface area contributed by atoms with Gasteiger partial charge in [0.05, 0.1) is 5.69 Å². The van der Waals surface area contributed by atoms with Crippen LogP contribution < -0.4 is 14.4 Å². The number of imide groups is 2. The van der Waals surface area contributed by atoms with Crippen LogP contribution in [0.1, 0.15) is 22.3 Å². The zero-order valence-corrected chi connectivity index (χ0v) is 20.0. The average molecular weight is 491 g/mol. The normalized spacial score (nSPS) is 15.3. The standard InChI is InChI=1S/C26H22N2O6S/c1-16-10-12-21(13-11-16)35(32,33)34-20-8-5-7-19(14-20)15-22-24(29)27-26(31)28(25(22)30)23-9-4-6-17(2)18(23)3/h4-15H,1-3H3,(H,27,29,31)/b22-15-. The minimum absolute atomic E-state index is 0.00336. The lowest BCUT2D eigenvalue weighted by Gasteiger charge is -2.28. The zero-order chi connectivity index (χ0) is 25.3. The second-order valence-corrected chi connectivity index (χ2v) is 9.65. The van der Waals surface area contributed by atoms with Gasteiger partial charge in [-0.1, -0.05) is 42.0 Å². The molecule has 0 bridgehead atoms. The number of hydrogen-bond acceptors (Lipinski definition) is 6. The average Bonchev–Trinajstić information content (AvgIpc) is 2.79. The summed E-state index contributed by atoms with van der Waals surface area (Å²) in [6, 6.07) is 16.5. The number of anilines is 1. The summed E-state index contributed by atoms with van der Waals surface area (Å²) >= 11 is 0. The highest BCUT2D eigenvalue weighted by Gasteiger charge is 2.37. The summed E-state index contributed by atoms with van der Waals surface area (Å²) in [6.45, 7) is 5.47. The van der Waals surface area contributed by atoms with Crippen LogP contribution in [0.15, 0.2) is 77.2 Å². The van der Waals surface area contributed by atoms with Crippen LogP contribution >= 0.6 is 0 Å². The van der Waals surface area contributed by atoms with Crippen LogP contribution in [0.2, 0.25) is 0 Å². The number of barbiturate groups is 1. The molecule has 0 unspecified atom stereocenters. The Bertz CT molecular complexity index is 1490. The fourth-order valence-electron chi connectivity index (χ4n) is 3.56. The van der Waals surface area contributed by atoms with Gasteiger partial charge in [-0.05, 0) is 73.9 Å². The molecule has 0 radical (unpaired) electrons. The van der Waals surface area contributed by atoms with Gasteiger partial charge >= 0.3 is 16.1 Å². The van der Waals surface area contributed by atoms with Gasteiger partial charge in [-0.2, -0.15) is 8.42 Å². The van der Waals surface area contributed by atoms with Crippen LogP contribution in [0.4, 0.5) is 10.5 Å². The molecular weight excluding hydrogens is 468 g/mol. The van der Waals surface area contributed by atoms with Gasteiger partial charge in [0.25, 0.3) is 11.8 Å². The number of carbonyl (C=O) groups excluding carboxylic acids is 3. The molecule has 3 aromatic carbocycles. The van der Waals surface area contributed by atoms with E-state index in [2.05, 4.69) is 5.32 Å². The van der Waals surface area contributed by atoms with E-state index in [0.717, 1.165) is 21.6 Å². The van der Waals surface area contributed by atoms with Gasteiger partial charge < -0.3 is 4.18 Å². The number of carbonyl (C=O) groups is 3. The first-order valence-corrected chi connectivity index (χ1v) is 12.1. The van der Waals surface area contributed by atoms with Crippen molar-refractivity contribution in [2.45, 2.75) is 25.7 Å². The van der Waals surface area contributed by atoms with Crippen molar-refractivity contribution in [2.24, 2.45) is 0 Å². The maximum atomic E-state index is 13.2. The second kappa shape index (κ2) is 9.19. The molecule has 1 fully saturated rings. The predicted molar refractivity (Wildman–Crippen MR) is 130 cm³/mol. The molecule has 35 heavy (non-hydrogen) atoms. The molecule has 1 aliphatic heterocycles. The molecule has 3 aromatic rings. The number of benzene rings is 3. The first kappa shape index (κ1) is 23.9. The van der Waals surface area contributed by atoms with Crippen molar-refractivity contribution < 1.29 is 27.0 Å². The first-order valence-electron chi connectivity index (χ1n) is 10.7. The van der Waals surface area contributed by atoms with E-state index in [1.54, 1.807) is 37.3 Å². The summed E-state index contributed by atoms with van der Waals surface area (Å²) in [7, 11) is -4.08. The van der Waals surface area contributed by atoms with Crippen LogP contribution in [0.25, 0.3) is 6.08 Å². The second-order valence-electron chi connectivity index (χ2n) is 8.10. The van der Waals surface area contributed by atoms with Crippen LogP contribution in [-0.4, -0.2) is 26.3 Å². The maximum absolute atomic E-state index is 13.2. The molecule has 178 valence electrons. The van der Waals surface area contributed by atoms with Gasteiger partial charge in [0, 0.05) is 0 Å². The molecule has 0 aliphatic carbocycles. The highest BCUT2D eigenvalue weighted by molar-refractivity contribution is 7.87. The Labute approximate surface area is 203 Å². The molecular formula is C26H22N2O6S. The largest absolute Gasteiger partial charge is 0.379 e. The minimum atomic E-state index is -4.08. The van der Waals surface area contributed by atoms with Gasteiger partial charge in [-0.25, -0.2) is 9.69 Å². The number of nitrogens with one attached hydrogen (secondary N) is 1. The molecule has 9 heteroatoms. The number of aryl methyl sites for hydroxylation is 2. The molecule has 1 saturated heterocycles. The molecule has 4 amide bonds. The quantitative estimate of drug-likeness (QED) is 0.328. The van der Waals surface area contributed by atoms with Crippen molar-refractivity contribution in [3.8, 4) is 5.75 Å². The number of hydrogen-bond donors (Lipinski definition) is 1. The Balaban J connectivity index is 1.66.